The number of amides is 2. The van der Waals surface area contributed by atoms with Crippen LogP contribution in [-0.4, -0.2) is 92.6 Å². The van der Waals surface area contributed by atoms with E-state index in [0.717, 1.165) is 24.2 Å². The van der Waals surface area contributed by atoms with Gasteiger partial charge >= 0.3 is 6.03 Å². The summed E-state index contributed by atoms with van der Waals surface area (Å²) in [6.07, 6.45) is -3.99. The predicted molar refractivity (Wildman–Crippen MR) is 93.2 cm³/mol. The van der Waals surface area contributed by atoms with Crippen LogP contribution in [0.2, 0.25) is 0 Å². The molecule has 1 rings (SSSR count). The molecule has 0 aliphatic carbocycles. The Morgan fingerprint density at radius 3 is 2.35 bits per heavy atom. The second kappa shape index (κ2) is 11.6. The highest BCUT2D eigenvalue weighted by Crippen LogP contribution is 2.25. The van der Waals surface area contributed by atoms with Crippen LogP contribution < -0.4 is 0 Å². The van der Waals surface area contributed by atoms with Crippen LogP contribution in [0.5, 0.6) is 0 Å². The number of aliphatic hydroxyl groups excluding tert-OH is 4. The van der Waals surface area contributed by atoms with E-state index in [9.17, 15) is 30.1 Å². The van der Waals surface area contributed by atoms with Gasteiger partial charge in [0.1, 0.15) is 24.4 Å². The summed E-state index contributed by atoms with van der Waals surface area (Å²) in [5, 5.41) is 42.7. The van der Waals surface area contributed by atoms with Crippen molar-refractivity contribution in [3.63, 3.8) is 0 Å². The van der Waals surface area contributed by atoms with Gasteiger partial charge in [-0.3, -0.25) is 4.90 Å². The summed E-state index contributed by atoms with van der Waals surface area (Å²) in [6.45, 7) is 1.41. The highest BCUT2D eigenvalue weighted by atomic mass is 35.5. The van der Waals surface area contributed by atoms with E-state index >= 15 is 0 Å². The van der Waals surface area contributed by atoms with Gasteiger partial charge in [-0.05, 0) is 6.42 Å². The quantitative estimate of drug-likeness (QED) is 0.176. The second-order valence-corrected chi connectivity index (χ2v) is 6.53. The predicted octanol–water partition coefficient (Wildman–Crippen LogP) is 0.0108. The topological polar surface area (TPSA) is 143 Å². The molecule has 5 atom stereocenters. The summed E-state index contributed by atoms with van der Waals surface area (Å²) in [7, 11) is 0. The standard InChI is InChI=1S/C15H28ClN3O7/c1-2-3-4-5-7-18(15(24)19(17-25)8-6-16)14-13(23)12(22)11(21)10(9-20)26-14/h10-14,20-23H,2-9H2,1H3/t10-,11-,12+,13-,14?/m1/s1. The molecule has 0 aromatic heterocycles. The lowest BCUT2D eigenvalue weighted by molar-refractivity contribution is -0.258. The summed E-state index contributed by atoms with van der Waals surface area (Å²) in [4.78, 5) is 24.7. The van der Waals surface area contributed by atoms with Crippen molar-refractivity contribution in [2.24, 2.45) is 5.29 Å². The van der Waals surface area contributed by atoms with Crippen molar-refractivity contribution in [2.45, 2.75) is 63.3 Å². The Labute approximate surface area is 157 Å². The fourth-order valence-electron chi connectivity index (χ4n) is 2.78. The zero-order valence-electron chi connectivity index (χ0n) is 14.8. The van der Waals surface area contributed by atoms with Crippen LogP contribution in [0.4, 0.5) is 4.79 Å². The average Bonchev–Trinajstić information content (AvgIpc) is 2.65. The van der Waals surface area contributed by atoms with E-state index in [2.05, 4.69) is 5.29 Å². The summed E-state index contributed by atoms with van der Waals surface area (Å²) < 4.78 is 5.44. The van der Waals surface area contributed by atoms with Crippen molar-refractivity contribution >= 4 is 17.6 Å². The normalized spacial score (nSPS) is 28.6. The van der Waals surface area contributed by atoms with Crippen molar-refractivity contribution in [1.82, 2.24) is 9.91 Å². The third kappa shape index (κ3) is 5.73. The van der Waals surface area contributed by atoms with Crippen molar-refractivity contribution < 1.29 is 30.0 Å². The number of nitroso groups, excluding NO2 is 1. The Hall–Kier alpha value is -1.04. The maximum absolute atomic E-state index is 12.7. The highest BCUT2D eigenvalue weighted by molar-refractivity contribution is 6.18. The SMILES string of the molecule is CCCCCCN(C(=O)N(CCCl)N=O)C1O[C@H](CO)[C@@H](O)[C@H](O)[C@H]1O. The van der Waals surface area contributed by atoms with Gasteiger partial charge in [0.05, 0.1) is 18.4 Å². The van der Waals surface area contributed by atoms with Gasteiger partial charge in [-0.1, -0.05) is 26.2 Å². The number of rotatable bonds is 10. The number of unbranched alkanes of at least 4 members (excludes halogenated alkanes) is 3. The number of nitrogens with zero attached hydrogens (tertiary/aromatic N) is 3. The average molecular weight is 398 g/mol. The molecular weight excluding hydrogens is 370 g/mol. The molecule has 152 valence electrons. The van der Waals surface area contributed by atoms with Crippen molar-refractivity contribution in [3.05, 3.63) is 4.91 Å². The van der Waals surface area contributed by atoms with Crippen LogP contribution in [0.3, 0.4) is 0 Å². The first-order valence-electron chi connectivity index (χ1n) is 8.70. The fraction of sp³-hybridized carbons (Fsp3) is 0.933. The number of urea groups is 1. The number of hydrogen-bond acceptors (Lipinski definition) is 8. The maximum atomic E-state index is 12.7. The first-order chi connectivity index (χ1) is 12.4. The van der Waals surface area contributed by atoms with Gasteiger partial charge in [-0.25, -0.2) is 4.79 Å². The molecule has 26 heavy (non-hydrogen) atoms. The van der Waals surface area contributed by atoms with E-state index in [1.165, 1.54) is 0 Å². The molecule has 0 saturated carbocycles. The largest absolute Gasteiger partial charge is 0.394 e. The van der Waals surface area contributed by atoms with E-state index in [-0.39, 0.29) is 19.0 Å². The van der Waals surface area contributed by atoms with Crippen LogP contribution in [0.25, 0.3) is 0 Å². The molecule has 11 heteroatoms. The third-order valence-electron chi connectivity index (χ3n) is 4.29. The van der Waals surface area contributed by atoms with Crippen LogP contribution in [0.15, 0.2) is 5.29 Å². The monoisotopic (exact) mass is 397 g/mol. The number of aliphatic hydroxyl groups is 4. The number of halogens is 1. The Morgan fingerprint density at radius 2 is 1.81 bits per heavy atom. The lowest BCUT2D eigenvalue weighted by Crippen LogP contribution is -2.65. The summed E-state index contributed by atoms with van der Waals surface area (Å²) in [6, 6.07) is -0.832. The molecule has 1 saturated heterocycles. The lowest BCUT2D eigenvalue weighted by atomic mass is 9.97. The lowest BCUT2D eigenvalue weighted by Gasteiger charge is -2.44. The van der Waals surface area contributed by atoms with Gasteiger partial charge in [-0.2, -0.15) is 5.01 Å². The van der Waals surface area contributed by atoms with Crippen LogP contribution in [0, 0.1) is 4.91 Å². The molecule has 2 amide bonds. The third-order valence-corrected chi connectivity index (χ3v) is 4.46. The van der Waals surface area contributed by atoms with Gasteiger partial charge in [0.2, 0.25) is 0 Å². The van der Waals surface area contributed by atoms with Gasteiger partial charge < -0.3 is 25.2 Å². The smallest absolute Gasteiger partial charge is 0.345 e. The van der Waals surface area contributed by atoms with Crippen molar-refractivity contribution in [3.8, 4) is 0 Å². The van der Waals surface area contributed by atoms with Gasteiger partial charge in [0.15, 0.2) is 6.23 Å². The Bertz CT molecular complexity index is 443. The number of carbonyl (C=O) groups excluding carboxylic acids is 1. The molecule has 0 spiro atoms. The van der Waals surface area contributed by atoms with Crippen LogP contribution >= 0.6 is 11.6 Å². The molecular formula is C15H28ClN3O7. The minimum absolute atomic E-state index is 0.0180. The summed E-state index contributed by atoms with van der Waals surface area (Å²) in [5.41, 5.74) is 0. The Kier molecular flexibility index (Phi) is 10.3. The zero-order chi connectivity index (χ0) is 19.7. The maximum Gasteiger partial charge on any atom is 0.345 e. The van der Waals surface area contributed by atoms with E-state index in [4.69, 9.17) is 16.3 Å². The van der Waals surface area contributed by atoms with Gasteiger partial charge in [0.25, 0.3) is 0 Å². The van der Waals surface area contributed by atoms with E-state index < -0.39 is 43.3 Å². The van der Waals surface area contributed by atoms with Gasteiger partial charge in [0, 0.05) is 12.4 Å². The van der Waals surface area contributed by atoms with Crippen molar-refractivity contribution in [2.75, 3.05) is 25.6 Å². The van der Waals surface area contributed by atoms with E-state index in [0.29, 0.717) is 11.4 Å². The van der Waals surface area contributed by atoms with Crippen LogP contribution in [0.1, 0.15) is 32.6 Å². The summed E-state index contributed by atoms with van der Waals surface area (Å²) in [5.74, 6) is -0.0180. The molecule has 0 aromatic carbocycles. The zero-order valence-corrected chi connectivity index (χ0v) is 15.5. The molecule has 1 unspecified atom stereocenters. The molecule has 1 aliphatic heterocycles. The summed E-state index contributed by atoms with van der Waals surface area (Å²) >= 11 is 5.57. The van der Waals surface area contributed by atoms with E-state index in [1.807, 2.05) is 6.92 Å². The highest BCUT2D eigenvalue weighted by Gasteiger charge is 2.47. The molecule has 1 heterocycles. The molecule has 4 N–H and O–H groups in total. The molecule has 1 aliphatic rings. The van der Waals surface area contributed by atoms with E-state index in [1.54, 1.807) is 0 Å². The first-order valence-corrected chi connectivity index (χ1v) is 9.24. The minimum atomic E-state index is -1.62. The first kappa shape index (κ1) is 23.0. The fourth-order valence-corrected chi connectivity index (χ4v) is 2.94. The number of ether oxygens (including phenoxy) is 1. The molecule has 10 nitrogen and oxygen atoms in total. The second-order valence-electron chi connectivity index (χ2n) is 6.15. The van der Waals surface area contributed by atoms with Gasteiger partial charge in [-0.15, -0.1) is 16.5 Å². The molecule has 1 fully saturated rings. The molecule has 0 bridgehead atoms. The molecule has 0 aromatic rings. The minimum Gasteiger partial charge on any atom is -0.394 e. The Balaban J connectivity index is 3.00. The molecule has 0 radical (unpaired) electrons. The Morgan fingerprint density at radius 1 is 1.12 bits per heavy atom. The van der Waals surface area contributed by atoms with Crippen LogP contribution in [-0.2, 0) is 4.74 Å². The van der Waals surface area contributed by atoms with Crippen molar-refractivity contribution in [1.29, 1.82) is 0 Å². The number of carbonyl (C=O) groups is 1. The number of hydrogen-bond donors (Lipinski definition) is 4. The number of alkyl halides is 1.